The zero-order chi connectivity index (χ0) is 13.1. The highest BCUT2D eigenvalue weighted by Crippen LogP contribution is 2.19. The second-order valence-electron chi connectivity index (χ2n) is 5.02. The van der Waals surface area contributed by atoms with Crippen LogP contribution in [0.25, 0.3) is 0 Å². The highest BCUT2D eigenvalue weighted by molar-refractivity contribution is 4.75. The molecule has 2 unspecified atom stereocenters. The molecule has 0 aliphatic heterocycles. The smallest absolute Gasteiger partial charge is 0.0725 e. The molecule has 1 aliphatic carbocycles. The van der Waals surface area contributed by atoms with Gasteiger partial charge < -0.3 is 19.9 Å². The first-order valence-electron chi connectivity index (χ1n) is 7.28. The number of hydrogen-bond acceptors (Lipinski definition) is 4. The molecular formula is C14H29NO3. The van der Waals surface area contributed by atoms with Crippen LogP contribution in [0, 0.1) is 0 Å². The van der Waals surface area contributed by atoms with Gasteiger partial charge in [-0.05, 0) is 19.3 Å². The Labute approximate surface area is 111 Å². The minimum absolute atomic E-state index is 0.222. The molecular weight excluding hydrogens is 230 g/mol. The van der Waals surface area contributed by atoms with Gasteiger partial charge in [0.05, 0.1) is 19.3 Å². The average molecular weight is 259 g/mol. The normalized spacial score (nSPS) is 25.7. The Morgan fingerprint density at radius 2 is 1.72 bits per heavy atom. The fraction of sp³-hybridized carbons (Fsp3) is 1.00. The van der Waals surface area contributed by atoms with Crippen molar-refractivity contribution in [1.29, 1.82) is 0 Å². The molecule has 0 heterocycles. The second-order valence-corrected chi connectivity index (χ2v) is 5.02. The molecule has 108 valence electrons. The third kappa shape index (κ3) is 7.31. The summed E-state index contributed by atoms with van der Waals surface area (Å²) >= 11 is 0. The summed E-state index contributed by atoms with van der Waals surface area (Å²) in [4.78, 5) is 0. The van der Waals surface area contributed by atoms with Gasteiger partial charge in [-0.15, -0.1) is 0 Å². The molecule has 1 saturated carbocycles. The molecule has 0 aromatic heterocycles. The van der Waals surface area contributed by atoms with Gasteiger partial charge >= 0.3 is 0 Å². The van der Waals surface area contributed by atoms with Gasteiger partial charge in [0, 0.05) is 26.4 Å². The lowest BCUT2D eigenvalue weighted by molar-refractivity contribution is 0.00459. The molecule has 18 heavy (non-hydrogen) atoms. The van der Waals surface area contributed by atoms with Gasteiger partial charge in [-0.1, -0.05) is 25.7 Å². The molecule has 0 spiro atoms. The number of hydrogen-bond donors (Lipinski definition) is 1. The predicted octanol–water partition coefficient (Wildman–Crippen LogP) is 2.11. The molecule has 0 bridgehead atoms. The number of rotatable bonds is 8. The Morgan fingerprint density at radius 1 is 0.944 bits per heavy atom. The van der Waals surface area contributed by atoms with Crippen LogP contribution in [0.4, 0.5) is 0 Å². The van der Waals surface area contributed by atoms with Crippen LogP contribution >= 0.6 is 0 Å². The third-order valence-electron chi connectivity index (χ3n) is 3.45. The molecule has 0 aromatic carbocycles. The van der Waals surface area contributed by atoms with Crippen LogP contribution in [-0.4, -0.2) is 45.7 Å². The largest absolute Gasteiger partial charge is 0.382 e. The quantitative estimate of drug-likeness (QED) is 0.678. The maximum Gasteiger partial charge on any atom is 0.0725 e. The molecule has 2 N–H and O–H groups in total. The van der Waals surface area contributed by atoms with E-state index in [0.29, 0.717) is 13.2 Å². The second kappa shape index (κ2) is 10.7. The van der Waals surface area contributed by atoms with Gasteiger partial charge in [0.15, 0.2) is 0 Å². The fourth-order valence-electron chi connectivity index (χ4n) is 2.33. The first-order valence-corrected chi connectivity index (χ1v) is 7.28. The van der Waals surface area contributed by atoms with E-state index in [-0.39, 0.29) is 12.1 Å². The highest BCUT2D eigenvalue weighted by atomic mass is 16.5. The van der Waals surface area contributed by atoms with Gasteiger partial charge in [-0.2, -0.15) is 0 Å². The molecule has 1 rings (SSSR count). The van der Waals surface area contributed by atoms with E-state index in [1.54, 1.807) is 7.11 Å². The molecule has 2 atom stereocenters. The van der Waals surface area contributed by atoms with E-state index in [9.17, 15) is 0 Å². The van der Waals surface area contributed by atoms with Gasteiger partial charge in [0.25, 0.3) is 0 Å². The van der Waals surface area contributed by atoms with Crippen LogP contribution in [0.5, 0.6) is 0 Å². The van der Waals surface area contributed by atoms with Gasteiger partial charge in [-0.25, -0.2) is 0 Å². The molecule has 0 saturated heterocycles. The van der Waals surface area contributed by atoms with E-state index in [4.69, 9.17) is 19.9 Å². The first kappa shape index (κ1) is 15.9. The van der Waals surface area contributed by atoms with E-state index < -0.39 is 0 Å². The zero-order valence-electron chi connectivity index (χ0n) is 11.7. The van der Waals surface area contributed by atoms with Gasteiger partial charge in [-0.3, -0.25) is 0 Å². The molecule has 1 aliphatic rings. The summed E-state index contributed by atoms with van der Waals surface area (Å²) in [5.74, 6) is 0. The van der Waals surface area contributed by atoms with Crippen molar-refractivity contribution in [1.82, 2.24) is 0 Å². The molecule has 0 amide bonds. The average Bonchev–Trinajstić information content (AvgIpc) is 2.36. The van der Waals surface area contributed by atoms with Crippen LogP contribution in [0.3, 0.4) is 0 Å². The van der Waals surface area contributed by atoms with Crippen molar-refractivity contribution in [2.45, 2.75) is 57.1 Å². The van der Waals surface area contributed by atoms with Crippen LogP contribution in [0.2, 0.25) is 0 Å². The first-order chi connectivity index (χ1) is 8.84. The Bertz CT molecular complexity index is 190. The van der Waals surface area contributed by atoms with Crippen molar-refractivity contribution >= 4 is 0 Å². The number of methoxy groups -OCH3 is 1. The summed E-state index contributed by atoms with van der Waals surface area (Å²) in [6, 6.07) is 0.222. The lowest BCUT2D eigenvalue weighted by atomic mass is 9.95. The van der Waals surface area contributed by atoms with Crippen LogP contribution in [0.1, 0.15) is 44.9 Å². The maximum atomic E-state index is 6.16. The van der Waals surface area contributed by atoms with Gasteiger partial charge in [0.1, 0.15) is 0 Å². The minimum atomic E-state index is 0.222. The maximum absolute atomic E-state index is 6.16. The Balaban J connectivity index is 2.01. The summed E-state index contributed by atoms with van der Waals surface area (Å²) in [7, 11) is 1.68. The van der Waals surface area contributed by atoms with Crippen LogP contribution in [-0.2, 0) is 14.2 Å². The fourth-order valence-corrected chi connectivity index (χ4v) is 2.33. The monoisotopic (exact) mass is 259 g/mol. The van der Waals surface area contributed by atoms with Gasteiger partial charge in [0.2, 0.25) is 0 Å². The Hall–Kier alpha value is -0.160. The summed E-state index contributed by atoms with van der Waals surface area (Å²) in [5, 5.41) is 0. The van der Waals surface area contributed by atoms with E-state index in [1.165, 1.54) is 25.7 Å². The predicted molar refractivity (Wildman–Crippen MR) is 72.7 cm³/mol. The molecule has 1 fully saturated rings. The zero-order valence-corrected chi connectivity index (χ0v) is 11.7. The number of ether oxygens (including phenoxy) is 3. The molecule has 0 radical (unpaired) electrons. The van der Waals surface area contributed by atoms with E-state index in [1.807, 2.05) is 0 Å². The van der Waals surface area contributed by atoms with Crippen molar-refractivity contribution in [3.05, 3.63) is 0 Å². The summed E-state index contributed by atoms with van der Waals surface area (Å²) in [6.45, 7) is 2.82. The molecule has 4 heteroatoms. The highest BCUT2D eigenvalue weighted by Gasteiger charge is 2.19. The SMILES string of the molecule is COCCOCCCOC1CCCCCCC1N. The van der Waals surface area contributed by atoms with Crippen molar-refractivity contribution in [3.63, 3.8) is 0 Å². The summed E-state index contributed by atoms with van der Waals surface area (Å²) in [5.41, 5.74) is 6.16. The minimum Gasteiger partial charge on any atom is -0.382 e. The van der Waals surface area contributed by atoms with Crippen LogP contribution in [0.15, 0.2) is 0 Å². The molecule has 4 nitrogen and oxygen atoms in total. The summed E-state index contributed by atoms with van der Waals surface area (Å²) in [6.07, 6.45) is 8.57. The van der Waals surface area contributed by atoms with Crippen LogP contribution < -0.4 is 5.73 Å². The Morgan fingerprint density at radius 3 is 2.50 bits per heavy atom. The lowest BCUT2D eigenvalue weighted by Gasteiger charge is -2.26. The molecule has 0 aromatic rings. The van der Waals surface area contributed by atoms with E-state index in [2.05, 4.69) is 0 Å². The summed E-state index contributed by atoms with van der Waals surface area (Å²) < 4.78 is 16.2. The third-order valence-corrected chi connectivity index (χ3v) is 3.45. The van der Waals surface area contributed by atoms with Crippen molar-refractivity contribution in [2.75, 3.05) is 33.5 Å². The topological polar surface area (TPSA) is 53.7 Å². The van der Waals surface area contributed by atoms with Crippen molar-refractivity contribution in [3.8, 4) is 0 Å². The van der Waals surface area contributed by atoms with Crippen molar-refractivity contribution < 1.29 is 14.2 Å². The lowest BCUT2D eigenvalue weighted by Crippen LogP contribution is -2.37. The Kier molecular flexibility index (Phi) is 9.48. The number of nitrogens with two attached hydrogens (primary N) is 1. The standard InChI is InChI=1S/C14H29NO3/c1-16-11-12-17-9-6-10-18-14-8-5-3-2-4-7-13(14)15/h13-14H,2-12,15H2,1H3. The van der Waals surface area contributed by atoms with E-state index >= 15 is 0 Å². The van der Waals surface area contributed by atoms with E-state index in [0.717, 1.165) is 32.5 Å². The van der Waals surface area contributed by atoms with Crippen molar-refractivity contribution in [2.24, 2.45) is 5.73 Å².